The molecule has 0 fully saturated rings. The predicted octanol–water partition coefficient (Wildman–Crippen LogP) is 4.06. The maximum atomic E-state index is 13.2. The Morgan fingerprint density at radius 1 is 1.22 bits per heavy atom. The van der Waals surface area contributed by atoms with Crippen LogP contribution in [0.4, 0.5) is 0 Å². The smallest absolute Gasteiger partial charge is 0.258 e. The summed E-state index contributed by atoms with van der Waals surface area (Å²) in [5.41, 5.74) is 7.50. The average molecular weight is 398 g/mol. The summed E-state index contributed by atoms with van der Waals surface area (Å²) in [6.07, 6.45) is 0. The number of pyridine rings is 1. The standard InChI is InChI=1S/C20H13Cl2N3O2/c1-25-15-5-3-2-4-12(15)18-17(20(25)26)16(13(9-23)19(24)27-18)11-7-6-10(21)8-14(11)22/h2-8,16H,24H2,1H3. The van der Waals surface area contributed by atoms with Gasteiger partial charge in [0.05, 0.1) is 17.0 Å². The van der Waals surface area contributed by atoms with E-state index in [1.54, 1.807) is 25.2 Å². The molecule has 3 aromatic rings. The molecule has 0 aliphatic carbocycles. The van der Waals surface area contributed by atoms with Gasteiger partial charge < -0.3 is 15.0 Å². The van der Waals surface area contributed by atoms with E-state index in [1.165, 1.54) is 4.57 Å². The number of nitrogens with zero attached hydrogens (tertiary/aromatic N) is 2. The number of ether oxygens (including phenoxy) is 1. The molecule has 2 aromatic carbocycles. The molecule has 0 spiro atoms. The highest BCUT2D eigenvalue weighted by molar-refractivity contribution is 6.35. The number of nitrogens with two attached hydrogens (primary N) is 1. The number of aromatic nitrogens is 1. The van der Waals surface area contributed by atoms with Gasteiger partial charge in [-0.2, -0.15) is 5.26 Å². The van der Waals surface area contributed by atoms with Crippen LogP contribution in [0.5, 0.6) is 5.75 Å². The topological polar surface area (TPSA) is 81.0 Å². The molecule has 0 saturated heterocycles. The normalized spacial score (nSPS) is 16.0. The number of rotatable bonds is 1. The van der Waals surface area contributed by atoms with Gasteiger partial charge in [0.1, 0.15) is 17.4 Å². The van der Waals surface area contributed by atoms with Crippen LogP contribution in [0.2, 0.25) is 10.0 Å². The lowest BCUT2D eigenvalue weighted by Gasteiger charge is -2.28. The van der Waals surface area contributed by atoms with E-state index in [9.17, 15) is 10.1 Å². The van der Waals surface area contributed by atoms with E-state index in [0.29, 0.717) is 32.4 Å². The molecule has 4 rings (SSSR count). The van der Waals surface area contributed by atoms with E-state index in [1.807, 2.05) is 24.3 Å². The summed E-state index contributed by atoms with van der Waals surface area (Å²) >= 11 is 12.4. The third-order valence-electron chi connectivity index (χ3n) is 4.74. The van der Waals surface area contributed by atoms with E-state index in [-0.39, 0.29) is 17.0 Å². The SMILES string of the molecule is Cn1c(=O)c2c(c3ccccc31)OC(N)=C(C#N)C2c1ccc(Cl)cc1Cl. The summed E-state index contributed by atoms with van der Waals surface area (Å²) in [6, 6.07) is 14.4. The second-order valence-electron chi connectivity index (χ2n) is 6.21. The molecular formula is C20H13Cl2N3O2. The van der Waals surface area contributed by atoms with Crippen molar-refractivity contribution in [1.29, 1.82) is 5.26 Å². The van der Waals surface area contributed by atoms with Crippen LogP contribution in [0.1, 0.15) is 17.0 Å². The van der Waals surface area contributed by atoms with E-state index in [0.717, 1.165) is 5.39 Å². The molecule has 0 radical (unpaired) electrons. The summed E-state index contributed by atoms with van der Waals surface area (Å²) in [6.45, 7) is 0. The highest BCUT2D eigenvalue weighted by Crippen LogP contribution is 2.45. The van der Waals surface area contributed by atoms with Crippen molar-refractivity contribution in [2.45, 2.75) is 5.92 Å². The number of allylic oxidation sites excluding steroid dienone is 1. The second kappa shape index (κ2) is 6.34. The lowest BCUT2D eigenvalue weighted by atomic mass is 9.83. The maximum absolute atomic E-state index is 13.2. The number of halogens is 2. The van der Waals surface area contributed by atoms with E-state index in [2.05, 4.69) is 6.07 Å². The first-order valence-corrected chi connectivity index (χ1v) is 8.83. The number of hydrogen-bond acceptors (Lipinski definition) is 4. The monoisotopic (exact) mass is 397 g/mol. The lowest BCUT2D eigenvalue weighted by Crippen LogP contribution is -2.31. The number of fused-ring (bicyclic) bond motifs is 3. The zero-order valence-electron chi connectivity index (χ0n) is 14.2. The fourth-order valence-electron chi connectivity index (χ4n) is 3.47. The third kappa shape index (κ3) is 2.57. The number of aryl methyl sites for hydroxylation is 1. The molecule has 7 heteroatoms. The van der Waals surface area contributed by atoms with Gasteiger partial charge in [0.15, 0.2) is 0 Å². The molecule has 2 N–H and O–H groups in total. The number of hydrogen-bond donors (Lipinski definition) is 1. The van der Waals surface area contributed by atoms with Gasteiger partial charge in [-0.25, -0.2) is 0 Å². The Bertz CT molecular complexity index is 1240. The van der Waals surface area contributed by atoms with Crippen molar-refractivity contribution in [3.8, 4) is 11.8 Å². The Kier molecular flexibility index (Phi) is 4.11. The molecule has 5 nitrogen and oxygen atoms in total. The van der Waals surface area contributed by atoms with Crippen LogP contribution in [-0.4, -0.2) is 4.57 Å². The summed E-state index contributed by atoms with van der Waals surface area (Å²) < 4.78 is 7.28. The number of nitriles is 1. The minimum absolute atomic E-state index is 0.0422. The quantitative estimate of drug-likeness (QED) is 0.670. The highest BCUT2D eigenvalue weighted by atomic mass is 35.5. The Labute approximate surface area is 164 Å². The van der Waals surface area contributed by atoms with Crippen LogP contribution in [0.25, 0.3) is 10.9 Å². The summed E-state index contributed by atoms with van der Waals surface area (Å²) in [5, 5.41) is 11.2. The van der Waals surface area contributed by atoms with Crippen LogP contribution in [0.15, 0.2) is 58.7 Å². The maximum Gasteiger partial charge on any atom is 0.258 e. The van der Waals surface area contributed by atoms with Gasteiger partial charge in [-0.05, 0) is 29.8 Å². The third-order valence-corrected chi connectivity index (χ3v) is 5.30. The first-order valence-electron chi connectivity index (χ1n) is 8.08. The van der Waals surface area contributed by atoms with Crippen molar-refractivity contribution in [1.82, 2.24) is 4.57 Å². The van der Waals surface area contributed by atoms with Gasteiger partial charge in [0, 0.05) is 22.5 Å². The molecule has 0 amide bonds. The van der Waals surface area contributed by atoms with Gasteiger partial charge in [0.25, 0.3) is 5.56 Å². The Morgan fingerprint density at radius 3 is 2.67 bits per heavy atom. The molecule has 1 aliphatic heterocycles. The molecule has 1 aromatic heterocycles. The fraction of sp³-hybridized carbons (Fsp3) is 0.100. The molecular weight excluding hydrogens is 385 g/mol. The van der Waals surface area contributed by atoms with Gasteiger partial charge in [0.2, 0.25) is 5.88 Å². The van der Waals surface area contributed by atoms with E-state index in [4.69, 9.17) is 33.7 Å². The highest BCUT2D eigenvalue weighted by Gasteiger charge is 2.36. The molecule has 1 unspecified atom stereocenters. The van der Waals surface area contributed by atoms with Crippen molar-refractivity contribution >= 4 is 34.1 Å². The van der Waals surface area contributed by atoms with E-state index < -0.39 is 5.92 Å². The van der Waals surface area contributed by atoms with Gasteiger partial charge in [-0.15, -0.1) is 0 Å². The lowest BCUT2D eigenvalue weighted by molar-refractivity contribution is 0.396. The summed E-state index contributed by atoms with van der Waals surface area (Å²) in [4.78, 5) is 13.2. The first-order chi connectivity index (χ1) is 12.9. The van der Waals surface area contributed by atoms with Crippen molar-refractivity contribution in [2.24, 2.45) is 12.8 Å². The zero-order valence-corrected chi connectivity index (χ0v) is 15.7. The van der Waals surface area contributed by atoms with Crippen molar-refractivity contribution in [2.75, 3.05) is 0 Å². The van der Waals surface area contributed by atoms with Crippen LogP contribution in [-0.2, 0) is 7.05 Å². The van der Waals surface area contributed by atoms with Crippen molar-refractivity contribution in [3.05, 3.63) is 85.4 Å². The second-order valence-corrected chi connectivity index (χ2v) is 7.06. The Hall–Kier alpha value is -2.94. The molecule has 2 heterocycles. The number of benzene rings is 2. The summed E-state index contributed by atoms with van der Waals surface area (Å²) in [7, 11) is 1.68. The van der Waals surface area contributed by atoms with Gasteiger partial charge in [-0.3, -0.25) is 4.79 Å². The van der Waals surface area contributed by atoms with Gasteiger partial charge in [-0.1, -0.05) is 41.4 Å². The molecule has 0 bridgehead atoms. The van der Waals surface area contributed by atoms with Crippen molar-refractivity contribution in [3.63, 3.8) is 0 Å². The average Bonchev–Trinajstić information content (AvgIpc) is 2.65. The fourth-order valence-corrected chi connectivity index (χ4v) is 3.99. The molecule has 27 heavy (non-hydrogen) atoms. The zero-order chi connectivity index (χ0) is 19.3. The molecule has 134 valence electrons. The first kappa shape index (κ1) is 17.5. The van der Waals surface area contributed by atoms with E-state index >= 15 is 0 Å². The Balaban J connectivity index is 2.15. The number of para-hydroxylation sites is 1. The minimum Gasteiger partial charge on any atom is -0.439 e. The molecule has 0 saturated carbocycles. The molecule has 1 atom stereocenters. The van der Waals surface area contributed by atoms with Crippen molar-refractivity contribution < 1.29 is 4.74 Å². The van der Waals surface area contributed by atoms with Crippen LogP contribution in [0, 0.1) is 11.3 Å². The minimum atomic E-state index is -0.744. The van der Waals surface area contributed by atoms with Crippen LogP contribution in [0.3, 0.4) is 0 Å². The van der Waals surface area contributed by atoms with Crippen LogP contribution >= 0.6 is 23.2 Å². The predicted molar refractivity (Wildman–Crippen MR) is 105 cm³/mol. The summed E-state index contributed by atoms with van der Waals surface area (Å²) in [5.74, 6) is -0.438. The molecule has 1 aliphatic rings. The largest absolute Gasteiger partial charge is 0.439 e. The van der Waals surface area contributed by atoms with Gasteiger partial charge >= 0.3 is 0 Å². The van der Waals surface area contributed by atoms with Crippen LogP contribution < -0.4 is 16.0 Å². The Morgan fingerprint density at radius 2 is 1.96 bits per heavy atom.